The summed E-state index contributed by atoms with van der Waals surface area (Å²) in [4.78, 5) is 10.9. The molecule has 0 aliphatic heterocycles. The van der Waals surface area contributed by atoms with E-state index in [1.165, 1.54) is 73.7 Å². The van der Waals surface area contributed by atoms with Gasteiger partial charge in [0.25, 0.3) is 0 Å². The van der Waals surface area contributed by atoms with E-state index in [0.29, 0.717) is 5.82 Å². The van der Waals surface area contributed by atoms with E-state index in [4.69, 9.17) is 9.97 Å². The second kappa shape index (κ2) is 13.2. The Kier molecular flexibility index (Phi) is 7.65. The van der Waals surface area contributed by atoms with E-state index in [1.54, 1.807) is 0 Å². The Labute approximate surface area is 350 Å². The highest BCUT2D eigenvalue weighted by molar-refractivity contribution is 7.26. The molecule has 4 heteroatoms. The summed E-state index contributed by atoms with van der Waals surface area (Å²) in [5.41, 5.74) is 14.9. The van der Waals surface area contributed by atoms with Gasteiger partial charge in [0.15, 0.2) is 5.82 Å². The summed E-state index contributed by atoms with van der Waals surface area (Å²) in [6.45, 7) is 4.67. The fourth-order valence-corrected chi connectivity index (χ4v) is 11.8. The summed E-state index contributed by atoms with van der Waals surface area (Å²) in [7, 11) is 0. The van der Waals surface area contributed by atoms with Gasteiger partial charge in [-0.3, -0.25) is 0 Å². The smallest absolute Gasteiger partial charge is 0.160 e. The van der Waals surface area contributed by atoms with Crippen molar-refractivity contribution in [3.8, 4) is 67.3 Å². The minimum absolute atomic E-state index is 0.121. The van der Waals surface area contributed by atoms with Crippen LogP contribution in [0.3, 0.4) is 0 Å². The van der Waals surface area contributed by atoms with Crippen molar-refractivity contribution in [3.05, 3.63) is 193 Å². The Morgan fingerprint density at radius 3 is 1.53 bits per heavy atom. The third-order valence-electron chi connectivity index (χ3n) is 12.3. The number of hydrogen-bond donors (Lipinski definition) is 0. The molecule has 0 radical (unpaired) electrons. The highest BCUT2D eigenvalue weighted by Gasteiger charge is 2.35. The highest BCUT2D eigenvalue weighted by atomic mass is 32.1. The Balaban J connectivity index is 1.11. The van der Waals surface area contributed by atoms with Gasteiger partial charge in [-0.25, -0.2) is 9.97 Å². The SMILES string of the molecule is CC1(C)c2ccccc2-c2ccc(-c3cc(-c4ccccc4)nc(-c4cc(-c5cccc6c5sc5ccccc56)cc(-c5cccc6c5sc5ccccc56)c4)n3)cc21. The van der Waals surface area contributed by atoms with E-state index >= 15 is 0 Å². The molecule has 0 amide bonds. The normalized spacial score (nSPS) is 13.1. The first-order valence-electron chi connectivity index (χ1n) is 20.1. The van der Waals surface area contributed by atoms with Gasteiger partial charge in [0.1, 0.15) is 0 Å². The molecular weight excluding hydrogens is 753 g/mol. The lowest BCUT2D eigenvalue weighted by Gasteiger charge is -2.22. The van der Waals surface area contributed by atoms with Gasteiger partial charge in [-0.05, 0) is 87.0 Å². The van der Waals surface area contributed by atoms with E-state index in [9.17, 15) is 0 Å². The minimum Gasteiger partial charge on any atom is -0.228 e. The molecule has 0 atom stereocenters. The van der Waals surface area contributed by atoms with Crippen molar-refractivity contribution in [1.29, 1.82) is 0 Å². The zero-order chi connectivity index (χ0) is 39.2. The van der Waals surface area contributed by atoms with Crippen LogP contribution in [0.15, 0.2) is 182 Å². The second-order valence-electron chi connectivity index (χ2n) is 16.1. The molecule has 0 N–H and O–H groups in total. The van der Waals surface area contributed by atoms with Gasteiger partial charge in [-0.1, -0.05) is 153 Å². The highest BCUT2D eigenvalue weighted by Crippen LogP contribution is 2.50. The maximum absolute atomic E-state index is 5.48. The first-order valence-corrected chi connectivity index (χ1v) is 21.8. The Morgan fingerprint density at radius 2 is 0.864 bits per heavy atom. The van der Waals surface area contributed by atoms with Gasteiger partial charge >= 0.3 is 0 Å². The third kappa shape index (κ3) is 5.44. The molecule has 3 heterocycles. The summed E-state index contributed by atoms with van der Waals surface area (Å²) in [5.74, 6) is 0.708. The molecule has 2 nitrogen and oxygen atoms in total. The molecule has 3 aromatic heterocycles. The van der Waals surface area contributed by atoms with Crippen LogP contribution in [0.1, 0.15) is 25.0 Å². The molecule has 59 heavy (non-hydrogen) atoms. The predicted molar refractivity (Wildman–Crippen MR) is 253 cm³/mol. The van der Waals surface area contributed by atoms with Crippen LogP contribution >= 0.6 is 22.7 Å². The van der Waals surface area contributed by atoms with Crippen LogP contribution in [0.25, 0.3) is 108 Å². The second-order valence-corrected chi connectivity index (χ2v) is 18.2. The lowest BCUT2D eigenvalue weighted by molar-refractivity contribution is 0.660. The van der Waals surface area contributed by atoms with Crippen molar-refractivity contribution in [2.24, 2.45) is 0 Å². The zero-order valence-corrected chi connectivity index (χ0v) is 34.2. The number of aromatic nitrogens is 2. The number of fused-ring (bicyclic) bond motifs is 9. The van der Waals surface area contributed by atoms with Gasteiger partial charge in [0.2, 0.25) is 0 Å². The summed E-state index contributed by atoms with van der Waals surface area (Å²) in [6, 6.07) is 66.4. The molecule has 0 bridgehead atoms. The molecule has 8 aromatic carbocycles. The van der Waals surface area contributed by atoms with Crippen LogP contribution in [0.5, 0.6) is 0 Å². The van der Waals surface area contributed by atoms with Crippen molar-refractivity contribution in [3.63, 3.8) is 0 Å². The lowest BCUT2D eigenvalue weighted by Crippen LogP contribution is -2.14. The molecule has 0 unspecified atom stereocenters. The molecule has 1 aliphatic rings. The standard InChI is InChI=1S/C55H36N2S2/c1-55(2)46-23-9-6-16-40(46)41-27-26-34(31-47(41)55)49-32-48(33-14-4-3-5-15-33)56-54(57-49)37-29-35(38-19-12-21-44-42-17-7-10-24-50(42)58-52(38)44)28-36(30-37)39-20-13-22-45-43-18-8-11-25-51(43)59-53(39)45/h3-32H,1-2H3. The first-order chi connectivity index (χ1) is 29.0. The van der Waals surface area contributed by atoms with Gasteiger partial charge in [-0.2, -0.15) is 0 Å². The van der Waals surface area contributed by atoms with Crippen molar-refractivity contribution >= 4 is 63.0 Å². The van der Waals surface area contributed by atoms with Crippen LogP contribution in [-0.4, -0.2) is 9.97 Å². The van der Waals surface area contributed by atoms with E-state index in [-0.39, 0.29) is 5.41 Å². The Bertz CT molecular complexity index is 3350. The fourth-order valence-electron chi connectivity index (χ4n) is 9.36. The summed E-state index contributed by atoms with van der Waals surface area (Å²) in [5, 5.41) is 5.16. The Morgan fingerprint density at radius 1 is 0.356 bits per heavy atom. The summed E-state index contributed by atoms with van der Waals surface area (Å²) >= 11 is 3.73. The van der Waals surface area contributed by atoms with Gasteiger partial charge in [0, 0.05) is 62.4 Å². The molecule has 0 spiro atoms. The van der Waals surface area contributed by atoms with Gasteiger partial charge < -0.3 is 0 Å². The average Bonchev–Trinajstić information content (AvgIpc) is 3.94. The fraction of sp³-hybridized carbons (Fsp3) is 0.0545. The van der Waals surface area contributed by atoms with E-state index < -0.39 is 0 Å². The molecule has 11 aromatic rings. The molecule has 0 saturated heterocycles. The van der Waals surface area contributed by atoms with Crippen molar-refractivity contribution < 1.29 is 0 Å². The number of nitrogens with zero attached hydrogens (tertiary/aromatic N) is 2. The van der Waals surface area contributed by atoms with E-state index in [2.05, 4.69) is 196 Å². The molecule has 278 valence electrons. The van der Waals surface area contributed by atoms with Gasteiger partial charge in [-0.15, -0.1) is 22.7 Å². The zero-order valence-electron chi connectivity index (χ0n) is 32.5. The quantitative estimate of drug-likeness (QED) is 0.174. The van der Waals surface area contributed by atoms with Crippen LogP contribution < -0.4 is 0 Å². The van der Waals surface area contributed by atoms with Crippen LogP contribution in [0.2, 0.25) is 0 Å². The number of hydrogen-bond acceptors (Lipinski definition) is 4. The largest absolute Gasteiger partial charge is 0.228 e. The monoisotopic (exact) mass is 788 g/mol. The predicted octanol–water partition coefficient (Wildman–Crippen LogP) is 15.9. The van der Waals surface area contributed by atoms with Crippen LogP contribution in [-0.2, 0) is 5.41 Å². The van der Waals surface area contributed by atoms with E-state index in [1.807, 2.05) is 22.7 Å². The maximum atomic E-state index is 5.48. The van der Waals surface area contributed by atoms with Crippen molar-refractivity contribution in [2.75, 3.05) is 0 Å². The Hall–Kier alpha value is -6.72. The lowest BCUT2D eigenvalue weighted by atomic mass is 9.82. The number of thiophene rings is 2. The van der Waals surface area contributed by atoms with Crippen molar-refractivity contribution in [1.82, 2.24) is 9.97 Å². The molecule has 0 saturated carbocycles. The topological polar surface area (TPSA) is 25.8 Å². The third-order valence-corrected chi connectivity index (χ3v) is 14.7. The van der Waals surface area contributed by atoms with Crippen LogP contribution in [0.4, 0.5) is 0 Å². The number of rotatable bonds is 5. The molecular formula is C55H36N2S2. The van der Waals surface area contributed by atoms with E-state index in [0.717, 1.165) is 39.2 Å². The first kappa shape index (κ1) is 34.3. The molecule has 12 rings (SSSR count). The molecule has 1 aliphatic carbocycles. The molecule has 0 fully saturated rings. The van der Waals surface area contributed by atoms with Crippen LogP contribution in [0, 0.1) is 0 Å². The summed E-state index contributed by atoms with van der Waals surface area (Å²) < 4.78 is 5.17. The average molecular weight is 789 g/mol. The number of benzene rings is 8. The van der Waals surface area contributed by atoms with Gasteiger partial charge in [0.05, 0.1) is 11.4 Å². The summed E-state index contributed by atoms with van der Waals surface area (Å²) in [6.07, 6.45) is 0. The maximum Gasteiger partial charge on any atom is 0.160 e. The minimum atomic E-state index is -0.121. The van der Waals surface area contributed by atoms with Crippen molar-refractivity contribution in [2.45, 2.75) is 19.3 Å².